The van der Waals surface area contributed by atoms with E-state index in [0.717, 1.165) is 3.57 Å². The highest BCUT2D eigenvalue weighted by Crippen LogP contribution is 2.08. The van der Waals surface area contributed by atoms with E-state index in [-0.39, 0.29) is 6.61 Å². The van der Waals surface area contributed by atoms with Gasteiger partial charge in [-0.1, -0.05) is 0 Å². The van der Waals surface area contributed by atoms with Gasteiger partial charge in [-0.2, -0.15) is 0 Å². The molecular weight excluding hydrogens is 297 g/mol. The van der Waals surface area contributed by atoms with Crippen molar-refractivity contribution in [2.24, 2.45) is 0 Å². The summed E-state index contributed by atoms with van der Waals surface area (Å²) in [6.07, 6.45) is 1.74. The Hall–Kier alpha value is -0.400. The van der Waals surface area contributed by atoms with Gasteiger partial charge in [-0.3, -0.25) is 0 Å². The number of aromatic nitrogens is 1. The Labute approximate surface area is 96.4 Å². The molecule has 0 saturated heterocycles. The maximum atomic E-state index is 8.43. The van der Waals surface area contributed by atoms with Gasteiger partial charge in [0.2, 0.25) is 5.88 Å². The molecule has 1 aromatic heterocycles. The molecule has 4 nitrogen and oxygen atoms in total. The first kappa shape index (κ1) is 11.7. The molecule has 0 radical (unpaired) electrons. The highest BCUT2D eigenvalue weighted by Gasteiger charge is 1.94. The summed E-state index contributed by atoms with van der Waals surface area (Å²) < 4.78 is 11.4. The molecular formula is C9H12INO3. The molecule has 0 amide bonds. The van der Waals surface area contributed by atoms with Crippen molar-refractivity contribution in [1.82, 2.24) is 4.98 Å². The summed E-state index contributed by atoms with van der Waals surface area (Å²) in [5.74, 6) is 0.595. The maximum Gasteiger partial charge on any atom is 0.213 e. The first-order valence-electron chi connectivity index (χ1n) is 4.26. The van der Waals surface area contributed by atoms with Gasteiger partial charge in [0.1, 0.15) is 6.61 Å². The van der Waals surface area contributed by atoms with Crippen molar-refractivity contribution in [2.45, 2.75) is 0 Å². The molecule has 0 fully saturated rings. The van der Waals surface area contributed by atoms with Crippen molar-refractivity contribution in [3.8, 4) is 5.88 Å². The largest absolute Gasteiger partial charge is 0.475 e. The second-order valence-corrected chi connectivity index (χ2v) is 3.74. The maximum absolute atomic E-state index is 8.43. The molecule has 1 heterocycles. The Balaban J connectivity index is 2.15. The van der Waals surface area contributed by atoms with Gasteiger partial charge in [0.15, 0.2) is 0 Å². The second kappa shape index (κ2) is 6.97. The van der Waals surface area contributed by atoms with Crippen LogP contribution in [-0.4, -0.2) is 36.5 Å². The zero-order chi connectivity index (χ0) is 10.2. The van der Waals surface area contributed by atoms with Crippen molar-refractivity contribution >= 4 is 22.6 Å². The number of pyridine rings is 1. The zero-order valence-corrected chi connectivity index (χ0v) is 9.81. The SMILES string of the molecule is OCCOCCOc1ccc(I)cn1. The molecule has 1 rings (SSSR count). The minimum Gasteiger partial charge on any atom is -0.475 e. The quantitative estimate of drug-likeness (QED) is 0.631. The summed E-state index contributed by atoms with van der Waals surface area (Å²) in [6.45, 7) is 1.31. The fourth-order valence-corrected chi connectivity index (χ4v) is 1.14. The van der Waals surface area contributed by atoms with Gasteiger partial charge in [-0.15, -0.1) is 0 Å². The Morgan fingerprint density at radius 3 is 2.79 bits per heavy atom. The van der Waals surface area contributed by atoms with Gasteiger partial charge >= 0.3 is 0 Å². The number of ether oxygens (including phenoxy) is 2. The number of nitrogens with zero attached hydrogens (tertiary/aromatic N) is 1. The Bertz CT molecular complexity index is 253. The molecule has 5 heteroatoms. The average molecular weight is 309 g/mol. The molecule has 0 spiro atoms. The van der Waals surface area contributed by atoms with Crippen molar-refractivity contribution in [3.05, 3.63) is 21.9 Å². The van der Waals surface area contributed by atoms with E-state index >= 15 is 0 Å². The molecule has 0 bridgehead atoms. The topological polar surface area (TPSA) is 51.6 Å². The molecule has 1 N–H and O–H groups in total. The predicted octanol–water partition coefficient (Wildman–Crippen LogP) is 1.07. The van der Waals surface area contributed by atoms with E-state index in [9.17, 15) is 0 Å². The second-order valence-electron chi connectivity index (χ2n) is 2.50. The third-order valence-electron chi connectivity index (χ3n) is 1.41. The molecule has 0 atom stereocenters. The molecule has 78 valence electrons. The molecule has 0 saturated carbocycles. The number of aliphatic hydroxyl groups is 1. The van der Waals surface area contributed by atoms with Crippen LogP contribution in [-0.2, 0) is 4.74 Å². The first-order chi connectivity index (χ1) is 6.83. The summed E-state index contributed by atoms with van der Waals surface area (Å²) in [4.78, 5) is 4.06. The molecule has 0 aromatic carbocycles. The summed E-state index contributed by atoms with van der Waals surface area (Å²) >= 11 is 2.18. The first-order valence-corrected chi connectivity index (χ1v) is 5.34. The number of hydrogen-bond donors (Lipinski definition) is 1. The lowest BCUT2D eigenvalue weighted by Crippen LogP contribution is -2.09. The lowest BCUT2D eigenvalue weighted by atomic mass is 10.5. The van der Waals surface area contributed by atoms with Gasteiger partial charge in [0.25, 0.3) is 0 Å². The summed E-state index contributed by atoms with van der Waals surface area (Å²) in [7, 11) is 0. The van der Waals surface area contributed by atoms with E-state index in [1.165, 1.54) is 0 Å². The highest BCUT2D eigenvalue weighted by molar-refractivity contribution is 14.1. The Kier molecular flexibility index (Phi) is 5.81. The van der Waals surface area contributed by atoms with Crippen molar-refractivity contribution in [3.63, 3.8) is 0 Å². The van der Waals surface area contributed by atoms with Crippen LogP contribution in [0.2, 0.25) is 0 Å². The van der Waals surface area contributed by atoms with E-state index in [4.69, 9.17) is 14.6 Å². The van der Waals surface area contributed by atoms with Crippen LogP contribution in [0.1, 0.15) is 0 Å². The minimum atomic E-state index is 0.0434. The van der Waals surface area contributed by atoms with Gasteiger partial charge in [0.05, 0.1) is 19.8 Å². The average Bonchev–Trinajstić information content (AvgIpc) is 2.21. The van der Waals surface area contributed by atoms with Gasteiger partial charge in [-0.05, 0) is 28.7 Å². The van der Waals surface area contributed by atoms with Crippen molar-refractivity contribution in [2.75, 3.05) is 26.4 Å². The lowest BCUT2D eigenvalue weighted by Gasteiger charge is -2.05. The highest BCUT2D eigenvalue weighted by atomic mass is 127. The predicted molar refractivity (Wildman–Crippen MR) is 60.4 cm³/mol. The van der Waals surface area contributed by atoms with E-state index in [2.05, 4.69) is 27.6 Å². The number of hydrogen-bond acceptors (Lipinski definition) is 4. The minimum absolute atomic E-state index is 0.0434. The van der Waals surface area contributed by atoms with Crippen LogP contribution >= 0.6 is 22.6 Å². The fraction of sp³-hybridized carbons (Fsp3) is 0.444. The molecule has 14 heavy (non-hydrogen) atoms. The van der Waals surface area contributed by atoms with Gasteiger partial charge in [-0.25, -0.2) is 4.98 Å². The lowest BCUT2D eigenvalue weighted by molar-refractivity contribution is 0.0695. The molecule has 0 aliphatic carbocycles. The third-order valence-corrected chi connectivity index (χ3v) is 2.05. The van der Waals surface area contributed by atoms with Crippen LogP contribution in [0.25, 0.3) is 0 Å². The van der Waals surface area contributed by atoms with Crippen LogP contribution in [0.5, 0.6) is 5.88 Å². The Morgan fingerprint density at radius 1 is 1.29 bits per heavy atom. The fourth-order valence-electron chi connectivity index (χ4n) is 0.819. The smallest absolute Gasteiger partial charge is 0.213 e. The summed E-state index contributed by atoms with van der Waals surface area (Å²) in [5.41, 5.74) is 0. The monoisotopic (exact) mass is 309 g/mol. The van der Waals surface area contributed by atoms with Crippen LogP contribution in [0.3, 0.4) is 0 Å². The summed E-state index contributed by atoms with van der Waals surface area (Å²) in [5, 5.41) is 8.43. The Morgan fingerprint density at radius 2 is 2.14 bits per heavy atom. The third kappa shape index (κ3) is 4.73. The van der Waals surface area contributed by atoms with Crippen LogP contribution in [0.4, 0.5) is 0 Å². The molecule has 0 aliphatic rings. The van der Waals surface area contributed by atoms with E-state index in [0.29, 0.717) is 25.7 Å². The standard InChI is InChI=1S/C9H12INO3/c10-8-1-2-9(11-7-8)14-6-5-13-4-3-12/h1-2,7,12H,3-6H2. The number of aliphatic hydroxyl groups excluding tert-OH is 1. The van der Waals surface area contributed by atoms with Crippen LogP contribution in [0.15, 0.2) is 18.3 Å². The van der Waals surface area contributed by atoms with Crippen LogP contribution < -0.4 is 4.74 Å². The molecule has 0 unspecified atom stereocenters. The van der Waals surface area contributed by atoms with Crippen molar-refractivity contribution < 1.29 is 14.6 Å². The normalized spacial score (nSPS) is 10.1. The van der Waals surface area contributed by atoms with E-state index in [1.54, 1.807) is 6.20 Å². The number of rotatable bonds is 6. The molecule has 0 aliphatic heterocycles. The zero-order valence-electron chi connectivity index (χ0n) is 7.65. The van der Waals surface area contributed by atoms with Crippen molar-refractivity contribution in [1.29, 1.82) is 0 Å². The van der Waals surface area contributed by atoms with Gasteiger partial charge < -0.3 is 14.6 Å². The van der Waals surface area contributed by atoms with Gasteiger partial charge in [0, 0.05) is 15.8 Å². The molecule has 1 aromatic rings. The number of halogens is 1. The van der Waals surface area contributed by atoms with Crippen LogP contribution in [0, 0.1) is 3.57 Å². The van der Waals surface area contributed by atoms with E-state index in [1.807, 2.05) is 12.1 Å². The summed E-state index contributed by atoms with van der Waals surface area (Å²) in [6, 6.07) is 3.74. The van der Waals surface area contributed by atoms with E-state index < -0.39 is 0 Å².